The number of hydrogen-bond acceptors (Lipinski definition) is 4. The molecule has 1 aliphatic rings. The predicted molar refractivity (Wildman–Crippen MR) is 95.3 cm³/mol. The summed E-state index contributed by atoms with van der Waals surface area (Å²) in [6, 6.07) is 4.77. The van der Waals surface area contributed by atoms with Gasteiger partial charge in [0.2, 0.25) is 5.91 Å². The molecule has 0 spiro atoms. The fraction of sp³-hybridized carbons (Fsp3) is 0.526. The molecule has 1 heterocycles. The summed E-state index contributed by atoms with van der Waals surface area (Å²) < 4.78 is 20.7. The molecule has 140 valence electrons. The summed E-state index contributed by atoms with van der Waals surface area (Å²) in [5.74, 6) is 1.68. The van der Waals surface area contributed by atoms with Gasteiger partial charge in [0.05, 0.1) is 13.7 Å². The number of benzene rings is 1. The Kier molecular flexibility index (Phi) is 5.54. The Morgan fingerprint density at radius 2 is 2.19 bits per heavy atom. The number of nitrogens with one attached hydrogen (secondary N) is 1. The average molecular weight is 360 g/mol. The SMILES string of the molecule is COc1ccc(CC(C)C(=O)NCc2nnc(C3CCC3)n2C)cc1F. The van der Waals surface area contributed by atoms with Crippen LogP contribution in [0.25, 0.3) is 0 Å². The van der Waals surface area contributed by atoms with Gasteiger partial charge in [0.15, 0.2) is 17.4 Å². The van der Waals surface area contributed by atoms with Crippen molar-refractivity contribution in [2.75, 3.05) is 7.11 Å². The number of halogens is 1. The molecule has 1 aliphatic carbocycles. The van der Waals surface area contributed by atoms with Crippen LogP contribution in [0.5, 0.6) is 5.75 Å². The van der Waals surface area contributed by atoms with E-state index >= 15 is 0 Å². The van der Waals surface area contributed by atoms with Crippen LogP contribution in [0.3, 0.4) is 0 Å². The van der Waals surface area contributed by atoms with Crippen molar-refractivity contribution >= 4 is 5.91 Å². The molecule has 1 saturated carbocycles. The summed E-state index contributed by atoms with van der Waals surface area (Å²) in [6.07, 6.45) is 4.02. The van der Waals surface area contributed by atoms with Crippen molar-refractivity contribution in [3.8, 4) is 5.75 Å². The largest absolute Gasteiger partial charge is 0.494 e. The number of amides is 1. The molecule has 0 radical (unpaired) electrons. The van der Waals surface area contributed by atoms with Crippen molar-refractivity contribution in [2.45, 2.75) is 45.1 Å². The maximum atomic E-state index is 13.8. The van der Waals surface area contributed by atoms with Crippen molar-refractivity contribution in [3.63, 3.8) is 0 Å². The van der Waals surface area contributed by atoms with Crippen LogP contribution in [0.1, 0.15) is 49.3 Å². The standard InChI is InChI=1S/C19H25FN4O2/c1-12(9-13-7-8-16(26-3)15(20)10-13)19(25)21-11-17-22-23-18(24(17)2)14-5-4-6-14/h7-8,10,12,14H,4-6,9,11H2,1-3H3,(H,21,25). The number of carbonyl (C=O) groups is 1. The predicted octanol–water partition coefficient (Wildman–Crippen LogP) is 2.73. The highest BCUT2D eigenvalue weighted by Gasteiger charge is 2.25. The van der Waals surface area contributed by atoms with Crippen LogP contribution in [0.4, 0.5) is 4.39 Å². The van der Waals surface area contributed by atoms with E-state index in [2.05, 4.69) is 15.5 Å². The molecule has 7 heteroatoms. The van der Waals surface area contributed by atoms with Crippen molar-refractivity contribution in [1.82, 2.24) is 20.1 Å². The van der Waals surface area contributed by atoms with E-state index in [1.165, 1.54) is 19.6 Å². The molecule has 2 aromatic rings. The highest BCUT2D eigenvalue weighted by Crippen LogP contribution is 2.35. The van der Waals surface area contributed by atoms with Gasteiger partial charge in [0, 0.05) is 18.9 Å². The Morgan fingerprint density at radius 3 is 2.81 bits per heavy atom. The van der Waals surface area contributed by atoms with Crippen LogP contribution in [0.15, 0.2) is 18.2 Å². The van der Waals surface area contributed by atoms with Crippen molar-refractivity contribution in [1.29, 1.82) is 0 Å². The summed E-state index contributed by atoms with van der Waals surface area (Å²) in [4.78, 5) is 12.4. The fourth-order valence-electron chi connectivity index (χ4n) is 3.17. The molecule has 1 N–H and O–H groups in total. The summed E-state index contributed by atoms with van der Waals surface area (Å²) in [6.45, 7) is 2.17. The Balaban J connectivity index is 1.54. The molecule has 1 amide bonds. The van der Waals surface area contributed by atoms with Gasteiger partial charge in [-0.3, -0.25) is 4.79 Å². The van der Waals surface area contributed by atoms with E-state index in [4.69, 9.17) is 4.74 Å². The topological polar surface area (TPSA) is 69.0 Å². The third-order valence-electron chi connectivity index (χ3n) is 5.10. The molecule has 0 bridgehead atoms. The summed E-state index contributed by atoms with van der Waals surface area (Å²) in [5.41, 5.74) is 0.761. The van der Waals surface area contributed by atoms with E-state index < -0.39 is 5.82 Å². The molecule has 3 rings (SSSR count). The first-order valence-corrected chi connectivity index (χ1v) is 8.98. The minimum absolute atomic E-state index is 0.0885. The van der Waals surface area contributed by atoms with Crippen molar-refractivity contribution in [3.05, 3.63) is 41.2 Å². The lowest BCUT2D eigenvalue weighted by molar-refractivity contribution is -0.124. The highest BCUT2D eigenvalue weighted by molar-refractivity contribution is 5.78. The molecular weight excluding hydrogens is 335 g/mol. The first kappa shape index (κ1) is 18.4. The van der Waals surface area contributed by atoms with Crippen LogP contribution in [-0.2, 0) is 24.8 Å². The number of nitrogens with zero attached hydrogens (tertiary/aromatic N) is 3. The minimum Gasteiger partial charge on any atom is -0.494 e. The van der Waals surface area contributed by atoms with E-state index in [9.17, 15) is 9.18 Å². The minimum atomic E-state index is -0.416. The number of aromatic nitrogens is 3. The normalized spacial score (nSPS) is 15.4. The molecule has 1 fully saturated rings. The number of carbonyl (C=O) groups excluding carboxylic acids is 1. The summed E-state index contributed by atoms with van der Waals surface area (Å²) in [5, 5.41) is 11.4. The lowest BCUT2D eigenvalue weighted by Crippen LogP contribution is -2.31. The summed E-state index contributed by atoms with van der Waals surface area (Å²) >= 11 is 0. The molecule has 1 aromatic carbocycles. The maximum Gasteiger partial charge on any atom is 0.223 e. The second kappa shape index (κ2) is 7.85. The lowest BCUT2D eigenvalue weighted by Gasteiger charge is -2.24. The summed E-state index contributed by atoms with van der Waals surface area (Å²) in [7, 11) is 3.37. The molecular formula is C19H25FN4O2. The van der Waals surface area contributed by atoms with E-state index in [0.29, 0.717) is 18.9 Å². The van der Waals surface area contributed by atoms with Crippen molar-refractivity contribution < 1.29 is 13.9 Å². The van der Waals surface area contributed by atoms with Gasteiger partial charge in [0.25, 0.3) is 0 Å². The zero-order valence-electron chi connectivity index (χ0n) is 15.5. The molecule has 0 aliphatic heterocycles. The second-order valence-corrected chi connectivity index (χ2v) is 6.95. The van der Waals surface area contributed by atoms with Crippen LogP contribution in [0, 0.1) is 11.7 Å². The second-order valence-electron chi connectivity index (χ2n) is 6.95. The fourth-order valence-corrected chi connectivity index (χ4v) is 3.17. The third-order valence-corrected chi connectivity index (χ3v) is 5.10. The molecule has 1 aromatic heterocycles. The number of ether oxygens (including phenoxy) is 1. The maximum absolute atomic E-state index is 13.8. The first-order chi connectivity index (χ1) is 12.5. The van der Waals surface area contributed by atoms with Crippen LogP contribution in [-0.4, -0.2) is 27.8 Å². The number of methoxy groups -OCH3 is 1. The van der Waals surface area contributed by atoms with Gasteiger partial charge in [-0.2, -0.15) is 0 Å². The van der Waals surface area contributed by atoms with E-state index in [1.54, 1.807) is 12.1 Å². The van der Waals surface area contributed by atoms with E-state index in [-0.39, 0.29) is 17.6 Å². The van der Waals surface area contributed by atoms with E-state index in [0.717, 1.165) is 30.1 Å². The van der Waals surface area contributed by atoms with Gasteiger partial charge in [-0.05, 0) is 37.0 Å². The average Bonchev–Trinajstić information content (AvgIpc) is 2.92. The van der Waals surface area contributed by atoms with Gasteiger partial charge in [-0.1, -0.05) is 19.4 Å². The lowest BCUT2D eigenvalue weighted by atomic mass is 9.85. The van der Waals surface area contributed by atoms with Crippen LogP contribution < -0.4 is 10.1 Å². The highest BCUT2D eigenvalue weighted by atomic mass is 19.1. The van der Waals surface area contributed by atoms with Gasteiger partial charge in [-0.25, -0.2) is 4.39 Å². The number of hydrogen-bond donors (Lipinski definition) is 1. The smallest absolute Gasteiger partial charge is 0.223 e. The molecule has 1 atom stereocenters. The Morgan fingerprint density at radius 1 is 1.42 bits per heavy atom. The molecule has 26 heavy (non-hydrogen) atoms. The third kappa shape index (κ3) is 3.86. The van der Waals surface area contributed by atoms with Crippen molar-refractivity contribution in [2.24, 2.45) is 13.0 Å². The number of rotatable bonds is 7. The van der Waals surface area contributed by atoms with Gasteiger partial charge in [0.1, 0.15) is 5.82 Å². The van der Waals surface area contributed by atoms with Crippen LogP contribution in [0.2, 0.25) is 0 Å². The molecule has 6 nitrogen and oxygen atoms in total. The first-order valence-electron chi connectivity index (χ1n) is 8.98. The Bertz CT molecular complexity index is 786. The van der Waals surface area contributed by atoms with E-state index in [1.807, 2.05) is 18.5 Å². The zero-order chi connectivity index (χ0) is 18.7. The monoisotopic (exact) mass is 360 g/mol. The van der Waals surface area contributed by atoms with Crippen LogP contribution >= 0.6 is 0 Å². The quantitative estimate of drug-likeness (QED) is 0.824. The zero-order valence-corrected chi connectivity index (χ0v) is 15.5. The molecule has 1 unspecified atom stereocenters. The van der Waals surface area contributed by atoms with Gasteiger partial charge < -0.3 is 14.6 Å². The Labute approximate surface area is 152 Å². The molecule has 0 saturated heterocycles. The van der Waals surface area contributed by atoms with Gasteiger partial charge in [-0.15, -0.1) is 10.2 Å². The Hall–Kier alpha value is -2.44. The van der Waals surface area contributed by atoms with Gasteiger partial charge >= 0.3 is 0 Å².